The van der Waals surface area contributed by atoms with Crippen LogP contribution >= 0.6 is 23.5 Å². The van der Waals surface area contributed by atoms with E-state index in [0.717, 1.165) is 6.07 Å². The van der Waals surface area contributed by atoms with Crippen LogP contribution < -0.4 is 11.4 Å². The molecule has 1 rings (SSSR count). The molecule has 1 aromatic rings. The number of ether oxygens (including phenoxy) is 1. The molecule has 0 saturated heterocycles. The van der Waals surface area contributed by atoms with Crippen molar-refractivity contribution < 1.29 is 69.4 Å². The number of hydrogen-bond acceptors (Lipinski definition) is 11. The highest BCUT2D eigenvalue weighted by Gasteiger charge is 2.49. The molecule has 0 amide bonds. The third kappa shape index (κ3) is 9.16. The van der Waals surface area contributed by atoms with Gasteiger partial charge in [-0.3, -0.25) is 9.09 Å². The number of phosphoric acid groups is 3. The molecule has 16 nitrogen and oxygen atoms in total. The van der Waals surface area contributed by atoms with Gasteiger partial charge < -0.3 is 35.2 Å². The van der Waals surface area contributed by atoms with Crippen molar-refractivity contribution in [3.8, 4) is 0 Å². The van der Waals surface area contributed by atoms with E-state index in [1.165, 1.54) is 0 Å². The van der Waals surface area contributed by atoms with Crippen LogP contribution in [-0.2, 0) is 31.6 Å². The second-order valence-electron chi connectivity index (χ2n) is 6.09. The Hall–Kier alpha value is -1.20. The van der Waals surface area contributed by atoms with Crippen molar-refractivity contribution in [1.82, 2.24) is 9.55 Å². The number of rotatable bonds is 13. The first-order valence-electron chi connectivity index (χ1n) is 8.11. The van der Waals surface area contributed by atoms with E-state index in [1.807, 2.05) is 0 Å². The molecule has 0 spiro atoms. The Balaban J connectivity index is 3.20. The van der Waals surface area contributed by atoms with Crippen LogP contribution in [-0.4, -0.2) is 66.1 Å². The van der Waals surface area contributed by atoms with E-state index >= 15 is 0 Å². The Labute approximate surface area is 182 Å². The van der Waals surface area contributed by atoms with Crippen LogP contribution in [0.2, 0.25) is 0 Å². The normalized spacial score (nSPS) is 19.9. The van der Waals surface area contributed by atoms with Gasteiger partial charge in [0.25, 0.3) is 0 Å². The monoisotopic (exact) mass is 551 g/mol. The fourth-order valence-electron chi connectivity index (χ4n) is 2.30. The summed E-state index contributed by atoms with van der Waals surface area (Å²) in [5.74, 6) is -0.337. The number of methoxy groups -OCH3 is 1. The van der Waals surface area contributed by atoms with Gasteiger partial charge >= 0.3 is 29.2 Å². The molecule has 192 valence electrons. The smallest absolute Gasteiger partial charge is 0.385 e. The van der Waals surface area contributed by atoms with Crippen LogP contribution in [0.15, 0.2) is 17.1 Å². The van der Waals surface area contributed by atoms with Gasteiger partial charge in [0.15, 0.2) is 0 Å². The Morgan fingerprint density at radius 1 is 1.15 bits per heavy atom. The molecule has 22 heteroatoms. The van der Waals surface area contributed by atoms with Gasteiger partial charge in [0.05, 0.1) is 6.61 Å². The molecular weight excluding hydrogens is 532 g/mol. The maximum absolute atomic E-state index is 14.8. The van der Waals surface area contributed by atoms with Gasteiger partial charge in [-0.15, -0.1) is 0 Å². The maximum Gasteiger partial charge on any atom is 0.490 e. The van der Waals surface area contributed by atoms with E-state index < -0.39 is 66.6 Å². The van der Waals surface area contributed by atoms with Crippen molar-refractivity contribution in [3.63, 3.8) is 0 Å². The number of aliphatic hydroxyl groups excluding tert-OH is 1. The van der Waals surface area contributed by atoms with E-state index in [-0.39, 0.29) is 10.4 Å². The summed E-state index contributed by atoms with van der Waals surface area (Å²) in [6.45, 7) is -1.63. The molecule has 0 radical (unpaired) electrons. The van der Waals surface area contributed by atoms with Crippen molar-refractivity contribution >= 4 is 29.3 Å². The SMILES string of the molecule is CO[C@@](COP(=O)(O)OP(=O)(O)OP(=O)(O)O)(CC(F)F)[C@@H](O)[C@@H](F)n1ccc(N)nc1=O. The Morgan fingerprint density at radius 3 is 2.18 bits per heavy atom. The van der Waals surface area contributed by atoms with Crippen molar-refractivity contribution in [2.45, 2.75) is 30.8 Å². The van der Waals surface area contributed by atoms with Gasteiger partial charge in [-0.1, -0.05) is 0 Å². The zero-order valence-corrected chi connectivity index (χ0v) is 18.9. The third-order valence-electron chi connectivity index (χ3n) is 3.71. The van der Waals surface area contributed by atoms with Gasteiger partial charge in [-0.2, -0.15) is 13.6 Å². The number of hydrogen-bond donors (Lipinski definition) is 6. The zero-order chi connectivity index (χ0) is 25.8. The Bertz CT molecular complexity index is 1020. The predicted octanol–water partition coefficient (Wildman–Crippen LogP) is 0.0382. The Kier molecular flexibility index (Phi) is 9.97. The Morgan fingerprint density at radius 2 is 1.73 bits per heavy atom. The van der Waals surface area contributed by atoms with Crippen LogP contribution in [0.3, 0.4) is 0 Å². The quantitative estimate of drug-likeness (QED) is 0.177. The molecule has 1 aromatic heterocycles. The lowest BCUT2D eigenvalue weighted by Crippen LogP contribution is -2.53. The largest absolute Gasteiger partial charge is 0.490 e. The molecular formula is C11H19F3N3O13P3. The molecule has 0 aliphatic heterocycles. The number of aliphatic hydroxyl groups is 1. The molecule has 2 unspecified atom stereocenters. The number of aromatic nitrogens is 2. The highest BCUT2D eigenvalue weighted by molar-refractivity contribution is 7.66. The lowest BCUT2D eigenvalue weighted by Gasteiger charge is -2.38. The molecule has 0 aliphatic carbocycles. The lowest BCUT2D eigenvalue weighted by atomic mass is 9.92. The van der Waals surface area contributed by atoms with Crippen molar-refractivity contribution in [1.29, 1.82) is 0 Å². The van der Waals surface area contributed by atoms with E-state index in [2.05, 4.69) is 18.1 Å². The zero-order valence-electron chi connectivity index (χ0n) is 16.3. The average molecular weight is 551 g/mol. The van der Waals surface area contributed by atoms with Gasteiger partial charge in [0.2, 0.25) is 12.7 Å². The standard InChI is InChI=1S/C11H19F3N3O13P3/c1-27-11(4-6(12)13,8(18)9(14)17-3-2-7(15)16-10(17)19)5-28-32(23,24)30-33(25,26)29-31(20,21)22/h2-3,6,8-9,18H,4-5H2,1H3,(H,23,24)(H,25,26)(H2,15,16,19)(H2,20,21,22)/t8-,9-,11+/m0/s1. The minimum Gasteiger partial charge on any atom is -0.385 e. The average Bonchev–Trinajstić information content (AvgIpc) is 2.60. The van der Waals surface area contributed by atoms with E-state index in [9.17, 15) is 41.7 Å². The maximum atomic E-state index is 14.8. The first-order chi connectivity index (χ1) is 14.8. The molecule has 33 heavy (non-hydrogen) atoms. The number of nitrogens with zero attached hydrogens (tertiary/aromatic N) is 2. The number of nitrogens with two attached hydrogens (primary N) is 1. The minimum atomic E-state index is -5.95. The van der Waals surface area contributed by atoms with E-state index in [4.69, 9.17) is 25.2 Å². The number of anilines is 1. The lowest BCUT2D eigenvalue weighted by molar-refractivity contribution is -0.179. The molecule has 0 fully saturated rings. The third-order valence-corrected chi connectivity index (χ3v) is 7.49. The van der Waals surface area contributed by atoms with E-state index in [1.54, 1.807) is 0 Å². The second kappa shape index (κ2) is 11.0. The summed E-state index contributed by atoms with van der Waals surface area (Å²) in [6, 6.07) is 0.925. The molecule has 7 N–H and O–H groups in total. The number of alkyl halides is 3. The fourth-order valence-corrected chi connectivity index (χ4v) is 5.38. The van der Waals surface area contributed by atoms with Crippen LogP contribution in [0.1, 0.15) is 12.7 Å². The van der Waals surface area contributed by atoms with Crippen LogP contribution in [0, 0.1) is 0 Å². The highest BCUT2D eigenvalue weighted by Crippen LogP contribution is 2.66. The molecule has 0 bridgehead atoms. The molecule has 0 saturated carbocycles. The summed E-state index contributed by atoms with van der Waals surface area (Å²) in [5.41, 5.74) is 0.998. The summed E-state index contributed by atoms with van der Waals surface area (Å²) in [5, 5.41) is 10.3. The highest BCUT2D eigenvalue weighted by atomic mass is 31.3. The summed E-state index contributed by atoms with van der Waals surface area (Å²) in [4.78, 5) is 50.5. The first kappa shape index (κ1) is 29.8. The minimum absolute atomic E-state index is 0.130. The topological polar surface area (TPSA) is 250 Å². The summed E-state index contributed by atoms with van der Waals surface area (Å²) < 4.78 is 90.9. The van der Waals surface area contributed by atoms with Gasteiger partial charge in [-0.05, 0) is 6.07 Å². The molecule has 1 heterocycles. The molecule has 5 atom stereocenters. The van der Waals surface area contributed by atoms with Crippen LogP contribution in [0.25, 0.3) is 0 Å². The van der Waals surface area contributed by atoms with Gasteiger partial charge in [-0.25, -0.2) is 31.7 Å². The van der Waals surface area contributed by atoms with Gasteiger partial charge in [0, 0.05) is 19.7 Å². The summed E-state index contributed by atoms with van der Waals surface area (Å²) in [7, 11) is -16.8. The number of nitrogen functional groups attached to an aromatic ring is 1. The van der Waals surface area contributed by atoms with Crippen molar-refractivity contribution in [3.05, 3.63) is 22.7 Å². The molecule has 0 aliphatic rings. The van der Waals surface area contributed by atoms with Gasteiger partial charge in [0.1, 0.15) is 17.5 Å². The van der Waals surface area contributed by atoms with Crippen LogP contribution in [0.4, 0.5) is 19.0 Å². The van der Waals surface area contributed by atoms with Crippen molar-refractivity contribution in [2.75, 3.05) is 19.5 Å². The number of halogens is 3. The summed E-state index contributed by atoms with van der Waals surface area (Å²) >= 11 is 0. The first-order valence-corrected chi connectivity index (χ1v) is 12.6. The fraction of sp³-hybridized carbons (Fsp3) is 0.636. The van der Waals surface area contributed by atoms with Crippen molar-refractivity contribution in [2.24, 2.45) is 0 Å². The summed E-state index contributed by atoms with van der Waals surface area (Å²) in [6.07, 6.45) is -9.79. The number of phosphoric ester groups is 1. The van der Waals surface area contributed by atoms with E-state index in [0.29, 0.717) is 13.3 Å². The molecule has 0 aromatic carbocycles. The second-order valence-corrected chi connectivity index (χ2v) is 10.5. The van der Waals surface area contributed by atoms with Crippen LogP contribution in [0.5, 0.6) is 0 Å². The predicted molar refractivity (Wildman–Crippen MR) is 99.2 cm³/mol.